The van der Waals surface area contributed by atoms with Crippen molar-refractivity contribution in [3.63, 3.8) is 0 Å². The van der Waals surface area contributed by atoms with Gasteiger partial charge in [-0.25, -0.2) is 4.98 Å². The molecule has 0 aliphatic carbocycles. The second kappa shape index (κ2) is 7.81. The van der Waals surface area contributed by atoms with Crippen LogP contribution in [0.25, 0.3) is 16.3 Å². The number of carbonyl (C=O) groups is 1. The number of pyridine rings is 1. The fourth-order valence-electron chi connectivity index (χ4n) is 3.47. The van der Waals surface area contributed by atoms with Gasteiger partial charge in [0.1, 0.15) is 11.2 Å². The summed E-state index contributed by atoms with van der Waals surface area (Å²) in [7, 11) is 0. The van der Waals surface area contributed by atoms with Crippen molar-refractivity contribution in [3.8, 4) is 10.7 Å². The second-order valence-corrected chi connectivity index (χ2v) is 7.91. The number of nitrogens with zero attached hydrogens (tertiary/aromatic N) is 6. The van der Waals surface area contributed by atoms with E-state index < -0.39 is 0 Å². The van der Waals surface area contributed by atoms with Gasteiger partial charge < -0.3 is 9.42 Å². The van der Waals surface area contributed by atoms with Crippen LogP contribution in [-0.4, -0.2) is 61.4 Å². The van der Waals surface area contributed by atoms with E-state index in [4.69, 9.17) is 4.52 Å². The summed E-state index contributed by atoms with van der Waals surface area (Å²) in [6.07, 6.45) is 2.99. The van der Waals surface area contributed by atoms with Crippen LogP contribution in [0.3, 0.4) is 0 Å². The van der Waals surface area contributed by atoms with Crippen molar-refractivity contribution in [1.82, 2.24) is 29.3 Å². The Hall–Kier alpha value is -3.37. The minimum atomic E-state index is -0.347. The molecule has 0 N–H and O–H groups in total. The van der Waals surface area contributed by atoms with Gasteiger partial charge in [0, 0.05) is 38.6 Å². The lowest BCUT2D eigenvalue weighted by atomic mass is 10.2. The van der Waals surface area contributed by atoms with Crippen molar-refractivity contribution in [2.45, 2.75) is 6.54 Å². The number of fused-ring (bicyclic) bond motifs is 1. The van der Waals surface area contributed by atoms with E-state index >= 15 is 0 Å². The molecule has 4 aromatic rings. The molecule has 5 heterocycles. The van der Waals surface area contributed by atoms with E-state index in [0.29, 0.717) is 50.1 Å². The van der Waals surface area contributed by atoms with E-state index in [-0.39, 0.29) is 17.0 Å². The quantitative estimate of drug-likeness (QED) is 0.494. The summed E-state index contributed by atoms with van der Waals surface area (Å²) in [6.45, 7) is 2.87. The number of amides is 1. The molecule has 1 saturated heterocycles. The summed E-state index contributed by atoms with van der Waals surface area (Å²) in [6, 6.07) is 9.17. The molecule has 0 radical (unpaired) electrons. The Morgan fingerprint density at radius 2 is 2.00 bits per heavy atom. The number of piperazine rings is 1. The number of hydrogen-bond acceptors (Lipinski definition) is 8. The van der Waals surface area contributed by atoms with Crippen molar-refractivity contribution in [1.29, 1.82) is 0 Å². The molecule has 152 valence electrons. The van der Waals surface area contributed by atoms with Crippen LogP contribution in [0.4, 0.5) is 0 Å². The number of thiophene rings is 1. The van der Waals surface area contributed by atoms with Crippen molar-refractivity contribution >= 4 is 22.9 Å². The van der Waals surface area contributed by atoms with Crippen molar-refractivity contribution in [2.24, 2.45) is 0 Å². The topological polar surface area (TPSA) is 96.8 Å². The van der Waals surface area contributed by atoms with Crippen LogP contribution in [0, 0.1) is 0 Å². The molecule has 1 fully saturated rings. The lowest BCUT2D eigenvalue weighted by Crippen LogP contribution is -2.49. The van der Waals surface area contributed by atoms with Gasteiger partial charge in [-0.1, -0.05) is 17.3 Å². The number of hydrogen-bond donors (Lipinski definition) is 0. The summed E-state index contributed by atoms with van der Waals surface area (Å²) in [5.41, 5.74) is 0.259. The summed E-state index contributed by atoms with van der Waals surface area (Å²) >= 11 is 1.56. The molecule has 0 atom stereocenters. The molecule has 1 amide bonds. The Labute approximate surface area is 175 Å². The summed E-state index contributed by atoms with van der Waals surface area (Å²) in [5.74, 6) is 0.858. The van der Waals surface area contributed by atoms with Gasteiger partial charge in [-0.2, -0.15) is 4.98 Å². The Morgan fingerprint density at radius 1 is 1.13 bits per heavy atom. The molecule has 0 bridgehead atoms. The Bertz CT molecular complexity index is 1240. The van der Waals surface area contributed by atoms with Crippen LogP contribution < -0.4 is 5.56 Å². The molecule has 4 aromatic heterocycles. The van der Waals surface area contributed by atoms with Gasteiger partial charge in [-0.3, -0.25) is 18.9 Å². The highest BCUT2D eigenvalue weighted by molar-refractivity contribution is 7.13. The first kappa shape index (κ1) is 18.6. The predicted molar refractivity (Wildman–Crippen MR) is 110 cm³/mol. The van der Waals surface area contributed by atoms with E-state index in [1.54, 1.807) is 40.6 Å². The number of aromatic nitrogens is 4. The third kappa shape index (κ3) is 3.51. The molecule has 5 rings (SSSR count). The molecule has 9 nitrogen and oxygen atoms in total. The highest BCUT2D eigenvalue weighted by atomic mass is 32.1. The van der Waals surface area contributed by atoms with Crippen LogP contribution in [-0.2, 0) is 6.54 Å². The third-order valence-corrected chi connectivity index (χ3v) is 5.94. The number of rotatable bonds is 4. The van der Waals surface area contributed by atoms with Crippen LogP contribution in [0.15, 0.2) is 57.4 Å². The zero-order valence-corrected chi connectivity index (χ0v) is 16.8. The van der Waals surface area contributed by atoms with Crippen molar-refractivity contribution in [2.75, 3.05) is 26.2 Å². The fourth-order valence-corrected chi connectivity index (χ4v) is 4.12. The van der Waals surface area contributed by atoms with E-state index in [9.17, 15) is 9.59 Å². The van der Waals surface area contributed by atoms with Gasteiger partial charge in [-0.05, 0) is 23.6 Å². The van der Waals surface area contributed by atoms with Gasteiger partial charge in [-0.15, -0.1) is 11.3 Å². The zero-order valence-electron chi connectivity index (χ0n) is 16.0. The highest BCUT2D eigenvalue weighted by Crippen LogP contribution is 2.21. The zero-order chi connectivity index (χ0) is 20.5. The molecular formula is C20H18N6O3S. The average molecular weight is 422 g/mol. The van der Waals surface area contributed by atoms with Crippen LogP contribution in [0.5, 0.6) is 0 Å². The monoisotopic (exact) mass is 422 g/mol. The highest BCUT2D eigenvalue weighted by Gasteiger charge is 2.25. The minimum absolute atomic E-state index is 0.0876. The van der Waals surface area contributed by atoms with E-state index in [0.717, 1.165) is 4.88 Å². The molecule has 10 heteroatoms. The molecule has 0 unspecified atom stereocenters. The first-order chi connectivity index (χ1) is 14.7. The lowest BCUT2D eigenvalue weighted by molar-refractivity contribution is 0.0613. The summed E-state index contributed by atoms with van der Waals surface area (Å²) in [5, 5.41) is 6.00. The van der Waals surface area contributed by atoms with Gasteiger partial charge in [0.15, 0.2) is 0 Å². The van der Waals surface area contributed by atoms with E-state index in [1.807, 2.05) is 17.5 Å². The van der Waals surface area contributed by atoms with Gasteiger partial charge in [0.2, 0.25) is 11.7 Å². The maximum Gasteiger partial charge on any atom is 0.270 e. The summed E-state index contributed by atoms with van der Waals surface area (Å²) in [4.78, 5) is 39.0. The summed E-state index contributed by atoms with van der Waals surface area (Å²) < 4.78 is 6.76. The normalized spacial score (nSPS) is 15.0. The lowest BCUT2D eigenvalue weighted by Gasteiger charge is -2.33. The van der Waals surface area contributed by atoms with Crippen molar-refractivity contribution in [3.05, 3.63) is 69.9 Å². The average Bonchev–Trinajstić information content (AvgIpc) is 3.46. The van der Waals surface area contributed by atoms with Gasteiger partial charge >= 0.3 is 0 Å². The molecule has 30 heavy (non-hydrogen) atoms. The van der Waals surface area contributed by atoms with E-state index in [1.165, 1.54) is 10.6 Å². The third-order valence-electron chi connectivity index (χ3n) is 5.07. The minimum Gasteiger partial charge on any atom is -0.338 e. The molecule has 1 aliphatic heterocycles. The molecule has 0 aromatic carbocycles. The van der Waals surface area contributed by atoms with Gasteiger partial charge in [0.25, 0.3) is 11.5 Å². The first-order valence-electron chi connectivity index (χ1n) is 9.53. The maximum atomic E-state index is 12.9. The van der Waals surface area contributed by atoms with Crippen LogP contribution in [0.1, 0.15) is 16.2 Å². The molecule has 0 saturated carbocycles. The maximum absolute atomic E-state index is 12.9. The van der Waals surface area contributed by atoms with Crippen molar-refractivity contribution < 1.29 is 9.32 Å². The molecule has 1 aliphatic rings. The van der Waals surface area contributed by atoms with Crippen LogP contribution in [0.2, 0.25) is 0 Å². The Balaban J connectivity index is 1.23. The Morgan fingerprint density at radius 3 is 2.80 bits per heavy atom. The fraction of sp³-hybridized carbons (Fsp3) is 0.250. The van der Waals surface area contributed by atoms with E-state index in [2.05, 4.69) is 20.0 Å². The Kier molecular flexibility index (Phi) is 4.85. The number of carbonyl (C=O) groups excluding carboxylic acids is 1. The predicted octanol–water partition coefficient (Wildman–Crippen LogP) is 1.76. The smallest absolute Gasteiger partial charge is 0.270 e. The largest absolute Gasteiger partial charge is 0.338 e. The first-order valence-corrected chi connectivity index (χ1v) is 10.4. The SMILES string of the molecule is O=C(c1cnc2ccccn2c1=O)N1CCN(Cc2nc(-c3cccs3)no2)CC1. The van der Waals surface area contributed by atoms with Crippen LogP contribution >= 0.6 is 11.3 Å². The molecule has 0 spiro atoms. The molecular weight excluding hydrogens is 404 g/mol. The van der Waals surface area contributed by atoms with Gasteiger partial charge in [0.05, 0.1) is 11.4 Å². The second-order valence-electron chi connectivity index (χ2n) is 6.96. The standard InChI is InChI=1S/C20H18N6O3S/c27-19(14-12-21-16-5-1-2-6-26(16)20(14)28)25-9-7-24(8-10-25)13-17-22-18(23-29-17)15-4-3-11-30-15/h1-6,11-12H,7-10,13H2.